The van der Waals surface area contributed by atoms with Crippen molar-refractivity contribution in [3.05, 3.63) is 30.1 Å². The number of esters is 1. The maximum Gasteiger partial charge on any atom is 0.338 e. The molecule has 0 radical (unpaired) electrons. The van der Waals surface area contributed by atoms with Gasteiger partial charge in [-0.15, -0.1) is 0 Å². The number of methoxy groups -OCH3 is 1. The predicted octanol–water partition coefficient (Wildman–Crippen LogP) is 0.523. The molecule has 100 valence electrons. The van der Waals surface area contributed by atoms with Crippen LogP contribution in [0.15, 0.2) is 29.2 Å². The summed E-state index contributed by atoms with van der Waals surface area (Å²) in [6, 6.07) is 4.11. The summed E-state index contributed by atoms with van der Waals surface area (Å²) < 4.78 is 40.8. The van der Waals surface area contributed by atoms with Crippen LogP contribution in [0.25, 0.3) is 0 Å². The van der Waals surface area contributed by atoms with Crippen LogP contribution in [0.4, 0.5) is 4.39 Å². The minimum Gasteiger partial charge on any atom is -0.467 e. The van der Waals surface area contributed by atoms with Crippen molar-refractivity contribution in [1.29, 1.82) is 0 Å². The Morgan fingerprint density at radius 2 is 1.89 bits per heavy atom. The maximum absolute atomic E-state index is 12.7. The lowest BCUT2D eigenvalue weighted by Gasteiger charge is -2.19. The number of carbonyl (C=O) groups excluding carboxylic acids is 1. The lowest BCUT2D eigenvalue weighted by Crippen LogP contribution is -2.42. The van der Waals surface area contributed by atoms with Gasteiger partial charge in [-0.2, -0.15) is 0 Å². The Kier molecular flexibility index (Phi) is 4.08. The second-order valence-electron chi connectivity index (χ2n) is 3.98. The molecule has 0 bridgehead atoms. The third-order valence-corrected chi connectivity index (χ3v) is 4.20. The third kappa shape index (κ3) is 3.27. The molecular weight excluding hydrogens is 263 g/mol. The highest BCUT2D eigenvalue weighted by atomic mass is 32.2. The number of benzene rings is 1. The van der Waals surface area contributed by atoms with Crippen LogP contribution in [0.5, 0.6) is 0 Å². The summed E-state index contributed by atoms with van der Waals surface area (Å²) in [5, 5.41) is 9.71. The Hall–Kier alpha value is -1.47. The van der Waals surface area contributed by atoms with Gasteiger partial charge in [-0.05, 0) is 31.2 Å². The summed E-state index contributed by atoms with van der Waals surface area (Å²) in [7, 11) is -2.86. The van der Waals surface area contributed by atoms with E-state index in [-0.39, 0.29) is 4.90 Å². The summed E-state index contributed by atoms with van der Waals surface area (Å²) in [6.45, 7) is 1.04. The third-order valence-electron chi connectivity index (χ3n) is 2.27. The highest BCUT2D eigenvalue weighted by molar-refractivity contribution is 7.91. The number of sulfone groups is 1. The van der Waals surface area contributed by atoms with Crippen molar-refractivity contribution in [2.45, 2.75) is 17.4 Å². The van der Waals surface area contributed by atoms with Crippen LogP contribution < -0.4 is 0 Å². The van der Waals surface area contributed by atoms with Gasteiger partial charge in [0, 0.05) is 0 Å². The molecule has 18 heavy (non-hydrogen) atoms. The zero-order valence-electron chi connectivity index (χ0n) is 9.88. The summed E-state index contributed by atoms with van der Waals surface area (Å²) in [4.78, 5) is 11.0. The summed E-state index contributed by atoms with van der Waals surface area (Å²) in [5.74, 6) is -2.46. The van der Waals surface area contributed by atoms with Crippen LogP contribution in [0, 0.1) is 5.82 Å². The Morgan fingerprint density at radius 3 is 2.33 bits per heavy atom. The zero-order valence-corrected chi connectivity index (χ0v) is 10.7. The molecule has 0 saturated heterocycles. The minimum atomic E-state index is -3.91. The van der Waals surface area contributed by atoms with Gasteiger partial charge >= 0.3 is 5.97 Å². The molecule has 0 spiro atoms. The van der Waals surface area contributed by atoms with E-state index in [1.54, 1.807) is 0 Å². The molecule has 1 unspecified atom stereocenters. The molecule has 1 aromatic rings. The fourth-order valence-corrected chi connectivity index (χ4v) is 2.95. The fraction of sp³-hybridized carbons (Fsp3) is 0.364. The molecule has 0 aliphatic heterocycles. The van der Waals surface area contributed by atoms with Crippen molar-refractivity contribution in [3.63, 3.8) is 0 Å². The van der Waals surface area contributed by atoms with Crippen molar-refractivity contribution in [2.75, 3.05) is 12.9 Å². The average molecular weight is 276 g/mol. The standard InChI is InChI=1S/C11H13FO5S/c1-11(14,10(13)17-2)7-18(15,16)9-5-3-8(12)4-6-9/h3-6,14H,7H2,1-2H3. The molecule has 0 aliphatic carbocycles. The van der Waals surface area contributed by atoms with Crippen LogP contribution in [0.2, 0.25) is 0 Å². The van der Waals surface area contributed by atoms with E-state index >= 15 is 0 Å². The molecule has 0 aliphatic rings. The number of carbonyl (C=O) groups is 1. The molecule has 0 amide bonds. The molecule has 0 aromatic heterocycles. The fourth-order valence-electron chi connectivity index (χ4n) is 1.37. The number of hydrogen-bond acceptors (Lipinski definition) is 5. The second-order valence-corrected chi connectivity index (χ2v) is 5.97. The molecule has 0 saturated carbocycles. The van der Waals surface area contributed by atoms with E-state index < -0.39 is 33.0 Å². The number of aliphatic hydroxyl groups is 1. The number of ether oxygens (including phenoxy) is 1. The van der Waals surface area contributed by atoms with Crippen LogP contribution in [-0.4, -0.2) is 38.0 Å². The van der Waals surface area contributed by atoms with Gasteiger partial charge in [-0.3, -0.25) is 0 Å². The predicted molar refractivity (Wildman–Crippen MR) is 61.1 cm³/mol. The average Bonchev–Trinajstić information content (AvgIpc) is 2.27. The highest BCUT2D eigenvalue weighted by Crippen LogP contribution is 2.18. The van der Waals surface area contributed by atoms with E-state index in [2.05, 4.69) is 4.74 Å². The van der Waals surface area contributed by atoms with Crippen molar-refractivity contribution in [2.24, 2.45) is 0 Å². The summed E-state index contributed by atoms with van der Waals surface area (Å²) >= 11 is 0. The van der Waals surface area contributed by atoms with Gasteiger partial charge in [0.05, 0.1) is 17.8 Å². The van der Waals surface area contributed by atoms with Gasteiger partial charge in [-0.1, -0.05) is 0 Å². The van der Waals surface area contributed by atoms with Crippen molar-refractivity contribution < 1.29 is 27.4 Å². The largest absolute Gasteiger partial charge is 0.467 e. The smallest absolute Gasteiger partial charge is 0.338 e. The van der Waals surface area contributed by atoms with Crippen LogP contribution in [0.1, 0.15) is 6.92 Å². The topological polar surface area (TPSA) is 80.7 Å². The van der Waals surface area contributed by atoms with Crippen LogP contribution >= 0.6 is 0 Å². The van der Waals surface area contributed by atoms with Crippen LogP contribution in [0.3, 0.4) is 0 Å². The van der Waals surface area contributed by atoms with E-state index in [1.165, 1.54) is 0 Å². The molecule has 5 nitrogen and oxygen atoms in total. The second kappa shape index (κ2) is 5.03. The Balaban J connectivity index is 3.02. The van der Waals surface area contributed by atoms with E-state index in [1.807, 2.05) is 0 Å². The molecule has 0 heterocycles. The minimum absolute atomic E-state index is 0.173. The van der Waals surface area contributed by atoms with Gasteiger partial charge in [0.15, 0.2) is 15.4 Å². The molecule has 1 aromatic carbocycles. The van der Waals surface area contributed by atoms with Gasteiger partial charge in [0.1, 0.15) is 5.82 Å². The van der Waals surface area contributed by atoms with Crippen molar-refractivity contribution >= 4 is 15.8 Å². The van der Waals surface area contributed by atoms with Crippen molar-refractivity contribution in [3.8, 4) is 0 Å². The van der Waals surface area contributed by atoms with E-state index in [0.717, 1.165) is 38.3 Å². The van der Waals surface area contributed by atoms with Crippen LogP contribution in [-0.2, 0) is 19.4 Å². The lowest BCUT2D eigenvalue weighted by molar-refractivity contribution is -0.158. The van der Waals surface area contributed by atoms with Crippen molar-refractivity contribution in [1.82, 2.24) is 0 Å². The van der Waals surface area contributed by atoms with E-state index in [4.69, 9.17) is 0 Å². The molecule has 1 rings (SSSR count). The lowest BCUT2D eigenvalue weighted by atomic mass is 10.1. The first kappa shape index (κ1) is 14.6. The Bertz CT molecular complexity index is 533. The Labute approximate surface area is 104 Å². The van der Waals surface area contributed by atoms with E-state index in [0.29, 0.717) is 0 Å². The first-order valence-electron chi connectivity index (χ1n) is 4.98. The molecule has 0 fully saturated rings. The maximum atomic E-state index is 12.7. The zero-order chi connectivity index (χ0) is 14.0. The quantitative estimate of drug-likeness (QED) is 0.640. The van der Waals surface area contributed by atoms with Gasteiger partial charge in [0.2, 0.25) is 0 Å². The molecule has 1 atom stereocenters. The number of hydrogen-bond donors (Lipinski definition) is 1. The summed E-state index contributed by atoms with van der Waals surface area (Å²) in [5.41, 5.74) is -2.15. The monoisotopic (exact) mass is 276 g/mol. The number of halogens is 1. The molecule has 1 N–H and O–H groups in total. The normalized spacial score (nSPS) is 14.9. The number of rotatable bonds is 4. The first-order chi connectivity index (χ1) is 8.19. The van der Waals surface area contributed by atoms with E-state index in [9.17, 15) is 22.7 Å². The summed E-state index contributed by atoms with van der Waals surface area (Å²) in [6.07, 6.45) is 0. The Morgan fingerprint density at radius 1 is 1.39 bits per heavy atom. The highest BCUT2D eigenvalue weighted by Gasteiger charge is 2.37. The first-order valence-corrected chi connectivity index (χ1v) is 6.63. The van der Waals surface area contributed by atoms with Gasteiger partial charge in [0.25, 0.3) is 0 Å². The SMILES string of the molecule is COC(=O)C(C)(O)CS(=O)(=O)c1ccc(F)cc1. The van der Waals surface area contributed by atoms with Gasteiger partial charge < -0.3 is 9.84 Å². The molecular formula is C11H13FO5S. The molecule has 7 heteroatoms. The van der Waals surface area contributed by atoms with Gasteiger partial charge in [-0.25, -0.2) is 17.6 Å².